The van der Waals surface area contributed by atoms with Gasteiger partial charge in [-0.25, -0.2) is 4.79 Å². The molecule has 0 spiro atoms. The largest absolute Gasteiger partial charge is 0.478 e. The summed E-state index contributed by atoms with van der Waals surface area (Å²) in [5.74, 6) is -1.40. The standard InChI is InChI=1S/C19H14BrNO3S/c1-11-3-2-4-13(9-11)18(22)21-15-10-25-17(16(15)19(23)24)12-5-7-14(20)8-6-12/h2-10H,1H3,(H,21,22)(H,23,24). The van der Waals surface area contributed by atoms with Crippen molar-refractivity contribution in [1.29, 1.82) is 0 Å². The Kier molecular flexibility index (Phi) is 5.01. The lowest BCUT2D eigenvalue weighted by Gasteiger charge is -2.07. The van der Waals surface area contributed by atoms with E-state index in [0.29, 0.717) is 16.1 Å². The van der Waals surface area contributed by atoms with Crippen LogP contribution in [0.1, 0.15) is 26.3 Å². The number of thiophene rings is 1. The minimum atomic E-state index is -1.07. The molecular weight excluding hydrogens is 402 g/mol. The van der Waals surface area contributed by atoms with Crippen LogP contribution in [0.15, 0.2) is 58.4 Å². The zero-order chi connectivity index (χ0) is 18.0. The van der Waals surface area contributed by atoms with Gasteiger partial charge < -0.3 is 10.4 Å². The molecule has 126 valence electrons. The summed E-state index contributed by atoms with van der Waals surface area (Å²) in [6.07, 6.45) is 0. The Morgan fingerprint density at radius 1 is 1.12 bits per heavy atom. The highest BCUT2D eigenvalue weighted by Gasteiger charge is 2.21. The van der Waals surface area contributed by atoms with Crippen molar-refractivity contribution in [2.45, 2.75) is 6.92 Å². The highest BCUT2D eigenvalue weighted by Crippen LogP contribution is 2.36. The number of rotatable bonds is 4. The Balaban J connectivity index is 1.96. The molecule has 3 aromatic rings. The Labute approximate surface area is 157 Å². The van der Waals surface area contributed by atoms with Crippen LogP contribution in [0.2, 0.25) is 0 Å². The lowest BCUT2D eigenvalue weighted by atomic mass is 10.1. The Morgan fingerprint density at radius 2 is 1.84 bits per heavy atom. The molecule has 2 aromatic carbocycles. The fraction of sp³-hybridized carbons (Fsp3) is 0.0526. The van der Waals surface area contributed by atoms with E-state index < -0.39 is 5.97 Å². The lowest BCUT2D eigenvalue weighted by molar-refractivity contribution is 0.0699. The van der Waals surface area contributed by atoms with Crippen molar-refractivity contribution in [3.8, 4) is 10.4 Å². The van der Waals surface area contributed by atoms with E-state index in [1.54, 1.807) is 23.6 Å². The summed E-state index contributed by atoms with van der Waals surface area (Å²) >= 11 is 4.66. The molecule has 0 atom stereocenters. The molecule has 1 heterocycles. The number of nitrogens with one attached hydrogen (secondary N) is 1. The van der Waals surface area contributed by atoms with Gasteiger partial charge in [-0.3, -0.25) is 4.79 Å². The number of amides is 1. The van der Waals surface area contributed by atoms with Gasteiger partial charge in [0.25, 0.3) is 5.91 Å². The van der Waals surface area contributed by atoms with Gasteiger partial charge >= 0.3 is 5.97 Å². The molecule has 4 nitrogen and oxygen atoms in total. The molecule has 6 heteroatoms. The molecule has 25 heavy (non-hydrogen) atoms. The molecule has 0 aliphatic carbocycles. The van der Waals surface area contributed by atoms with Gasteiger partial charge in [0.2, 0.25) is 0 Å². The van der Waals surface area contributed by atoms with Crippen molar-refractivity contribution >= 4 is 44.8 Å². The second-order valence-electron chi connectivity index (χ2n) is 5.49. The molecule has 0 bridgehead atoms. The number of hydrogen-bond donors (Lipinski definition) is 2. The van der Waals surface area contributed by atoms with Gasteiger partial charge in [0.15, 0.2) is 0 Å². The molecule has 1 amide bonds. The second-order valence-corrected chi connectivity index (χ2v) is 7.28. The van der Waals surface area contributed by atoms with E-state index in [-0.39, 0.29) is 11.5 Å². The van der Waals surface area contributed by atoms with Crippen molar-refractivity contribution in [3.63, 3.8) is 0 Å². The first kappa shape index (κ1) is 17.4. The van der Waals surface area contributed by atoms with Gasteiger partial charge in [-0.2, -0.15) is 0 Å². The number of anilines is 1. The maximum atomic E-state index is 12.4. The number of carboxylic acids is 1. The first-order valence-corrected chi connectivity index (χ1v) is 9.11. The van der Waals surface area contributed by atoms with E-state index in [1.807, 2.05) is 37.3 Å². The summed E-state index contributed by atoms with van der Waals surface area (Å²) in [5, 5.41) is 14.0. The molecule has 3 rings (SSSR count). The van der Waals surface area contributed by atoms with Gasteiger partial charge in [-0.1, -0.05) is 45.8 Å². The van der Waals surface area contributed by atoms with Gasteiger partial charge in [-0.15, -0.1) is 11.3 Å². The summed E-state index contributed by atoms with van der Waals surface area (Å²) in [6.45, 7) is 1.90. The SMILES string of the molecule is Cc1cccc(C(=O)Nc2csc(-c3ccc(Br)cc3)c2C(=O)O)c1. The van der Waals surface area contributed by atoms with Crippen LogP contribution in [-0.4, -0.2) is 17.0 Å². The highest BCUT2D eigenvalue weighted by molar-refractivity contribution is 9.10. The van der Waals surface area contributed by atoms with Crippen molar-refractivity contribution in [2.75, 3.05) is 5.32 Å². The minimum absolute atomic E-state index is 0.105. The van der Waals surface area contributed by atoms with E-state index in [9.17, 15) is 14.7 Å². The summed E-state index contributed by atoms with van der Waals surface area (Å²) in [6, 6.07) is 14.5. The first-order chi connectivity index (χ1) is 12.0. The van der Waals surface area contributed by atoms with Crippen LogP contribution in [0, 0.1) is 6.92 Å². The van der Waals surface area contributed by atoms with Crippen molar-refractivity contribution in [3.05, 3.63) is 75.1 Å². The van der Waals surface area contributed by atoms with Crippen molar-refractivity contribution in [2.24, 2.45) is 0 Å². The van der Waals surface area contributed by atoms with Crippen LogP contribution in [-0.2, 0) is 0 Å². The van der Waals surface area contributed by atoms with Crippen LogP contribution in [0.3, 0.4) is 0 Å². The quantitative estimate of drug-likeness (QED) is 0.596. The van der Waals surface area contributed by atoms with Crippen LogP contribution < -0.4 is 5.32 Å². The van der Waals surface area contributed by atoms with Gasteiger partial charge in [-0.05, 0) is 36.8 Å². The van der Waals surface area contributed by atoms with E-state index in [1.165, 1.54) is 11.3 Å². The number of carbonyl (C=O) groups is 2. The predicted molar refractivity (Wildman–Crippen MR) is 104 cm³/mol. The molecule has 2 N–H and O–H groups in total. The zero-order valence-corrected chi connectivity index (χ0v) is 15.6. The summed E-state index contributed by atoms with van der Waals surface area (Å²) in [4.78, 5) is 24.8. The molecule has 0 unspecified atom stereocenters. The van der Waals surface area contributed by atoms with E-state index in [0.717, 1.165) is 15.6 Å². The van der Waals surface area contributed by atoms with E-state index >= 15 is 0 Å². The zero-order valence-electron chi connectivity index (χ0n) is 13.2. The fourth-order valence-corrected chi connectivity index (χ4v) is 3.72. The fourth-order valence-electron chi connectivity index (χ4n) is 2.46. The molecule has 0 aliphatic rings. The maximum Gasteiger partial charge on any atom is 0.339 e. The predicted octanol–water partition coefficient (Wildman–Crippen LogP) is 5.44. The summed E-state index contributed by atoms with van der Waals surface area (Å²) in [5.41, 5.74) is 2.66. The maximum absolute atomic E-state index is 12.4. The molecule has 0 radical (unpaired) electrons. The van der Waals surface area contributed by atoms with Gasteiger partial charge in [0.05, 0.1) is 10.6 Å². The molecule has 0 aliphatic heterocycles. The third-order valence-electron chi connectivity index (χ3n) is 3.64. The molecular formula is C19H14BrNO3S. The topological polar surface area (TPSA) is 66.4 Å². The van der Waals surface area contributed by atoms with Crippen LogP contribution >= 0.6 is 27.3 Å². The molecule has 1 aromatic heterocycles. The number of halogens is 1. The Bertz CT molecular complexity index is 948. The van der Waals surface area contributed by atoms with E-state index in [2.05, 4.69) is 21.2 Å². The third-order valence-corrected chi connectivity index (χ3v) is 5.20. The summed E-state index contributed by atoms with van der Waals surface area (Å²) in [7, 11) is 0. The number of aryl methyl sites for hydroxylation is 1. The van der Waals surface area contributed by atoms with Crippen molar-refractivity contribution < 1.29 is 14.7 Å². The average Bonchev–Trinajstić information content (AvgIpc) is 2.99. The number of hydrogen-bond acceptors (Lipinski definition) is 3. The highest BCUT2D eigenvalue weighted by atomic mass is 79.9. The van der Waals surface area contributed by atoms with Crippen LogP contribution in [0.5, 0.6) is 0 Å². The van der Waals surface area contributed by atoms with Gasteiger partial charge in [0, 0.05) is 15.4 Å². The number of carbonyl (C=O) groups excluding carboxylic acids is 1. The summed E-state index contributed by atoms with van der Waals surface area (Å²) < 4.78 is 0.914. The van der Waals surface area contributed by atoms with Crippen LogP contribution in [0.4, 0.5) is 5.69 Å². The van der Waals surface area contributed by atoms with Gasteiger partial charge in [0.1, 0.15) is 5.56 Å². The Hall–Kier alpha value is -2.44. The Morgan fingerprint density at radius 3 is 2.48 bits per heavy atom. The smallest absolute Gasteiger partial charge is 0.339 e. The molecule has 0 saturated heterocycles. The molecule has 0 fully saturated rings. The van der Waals surface area contributed by atoms with Crippen molar-refractivity contribution in [1.82, 2.24) is 0 Å². The second kappa shape index (κ2) is 7.21. The number of aromatic carboxylic acids is 1. The minimum Gasteiger partial charge on any atom is -0.478 e. The lowest BCUT2D eigenvalue weighted by Crippen LogP contribution is -2.14. The molecule has 0 saturated carbocycles. The number of benzene rings is 2. The third kappa shape index (κ3) is 3.81. The monoisotopic (exact) mass is 415 g/mol. The normalized spacial score (nSPS) is 10.5. The van der Waals surface area contributed by atoms with E-state index in [4.69, 9.17) is 0 Å². The average molecular weight is 416 g/mol. The van der Waals surface area contributed by atoms with Crippen LogP contribution in [0.25, 0.3) is 10.4 Å². The first-order valence-electron chi connectivity index (χ1n) is 7.44. The number of carboxylic acid groups (broad SMARTS) is 1.